The number of amides is 2. The molecule has 1 aromatic heterocycles. The van der Waals surface area contributed by atoms with Crippen LogP contribution in [0.3, 0.4) is 0 Å². The highest BCUT2D eigenvalue weighted by molar-refractivity contribution is 6.31. The quantitative estimate of drug-likeness (QED) is 0.794. The molecule has 7 heteroatoms. The van der Waals surface area contributed by atoms with E-state index < -0.39 is 5.91 Å². The normalized spacial score (nSPS) is 10.2. The number of ether oxygens (including phenoxy) is 1. The molecule has 0 fully saturated rings. The number of furan rings is 1. The van der Waals surface area contributed by atoms with E-state index in [1.807, 2.05) is 6.92 Å². The lowest BCUT2D eigenvalue weighted by molar-refractivity contribution is -0.130. The van der Waals surface area contributed by atoms with Crippen LogP contribution in [0.25, 0.3) is 0 Å². The smallest absolute Gasteiger partial charge is 0.276 e. The number of aryl methyl sites for hydroxylation is 2. The lowest BCUT2D eigenvalue weighted by Gasteiger charge is -2.09. The molecule has 2 amide bonds. The summed E-state index contributed by atoms with van der Waals surface area (Å²) in [5.74, 6) is 0.486. The van der Waals surface area contributed by atoms with Crippen molar-refractivity contribution in [1.82, 2.24) is 10.9 Å². The Morgan fingerprint density at radius 2 is 2.00 bits per heavy atom. The van der Waals surface area contributed by atoms with Crippen molar-refractivity contribution in [2.75, 3.05) is 6.61 Å². The number of carbonyl (C=O) groups is 2. The number of rotatable bonds is 6. The fourth-order valence-corrected chi connectivity index (χ4v) is 1.90. The average molecular weight is 337 g/mol. The maximum atomic E-state index is 11.6. The summed E-state index contributed by atoms with van der Waals surface area (Å²) < 4.78 is 10.4. The molecular formula is C16H17ClN2O4. The molecule has 0 aliphatic heterocycles. The molecule has 0 aliphatic rings. The van der Waals surface area contributed by atoms with Crippen molar-refractivity contribution >= 4 is 23.4 Å². The van der Waals surface area contributed by atoms with Gasteiger partial charge in [-0.1, -0.05) is 11.6 Å². The van der Waals surface area contributed by atoms with Gasteiger partial charge in [-0.15, -0.1) is 0 Å². The average Bonchev–Trinajstić information content (AvgIpc) is 3.05. The Hall–Kier alpha value is -2.47. The van der Waals surface area contributed by atoms with E-state index in [0.29, 0.717) is 23.0 Å². The third-order valence-electron chi connectivity index (χ3n) is 3.02. The van der Waals surface area contributed by atoms with Crippen LogP contribution in [0, 0.1) is 6.92 Å². The summed E-state index contributed by atoms with van der Waals surface area (Å²) in [6.45, 7) is 1.63. The first-order valence-corrected chi connectivity index (χ1v) is 7.41. The summed E-state index contributed by atoms with van der Waals surface area (Å²) >= 11 is 5.91. The molecule has 0 bridgehead atoms. The van der Waals surface area contributed by atoms with E-state index in [2.05, 4.69) is 10.9 Å². The largest absolute Gasteiger partial charge is 0.484 e. The molecule has 2 rings (SSSR count). The highest BCUT2D eigenvalue weighted by Crippen LogP contribution is 2.20. The molecule has 0 atom stereocenters. The van der Waals surface area contributed by atoms with Crippen molar-refractivity contribution in [2.45, 2.75) is 19.8 Å². The number of halogens is 1. The van der Waals surface area contributed by atoms with Gasteiger partial charge in [0.05, 0.1) is 6.26 Å². The van der Waals surface area contributed by atoms with Gasteiger partial charge in [0.2, 0.25) is 5.91 Å². The topological polar surface area (TPSA) is 80.6 Å². The summed E-state index contributed by atoms with van der Waals surface area (Å²) in [5, 5.41) is 0.630. The van der Waals surface area contributed by atoms with E-state index in [1.54, 1.807) is 36.6 Å². The second-order valence-corrected chi connectivity index (χ2v) is 5.28. The number of benzene rings is 1. The van der Waals surface area contributed by atoms with E-state index in [1.165, 1.54) is 0 Å². The monoisotopic (exact) mass is 336 g/mol. The third kappa shape index (κ3) is 5.67. The van der Waals surface area contributed by atoms with Crippen LogP contribution in [0.5, 0.6) is 5.75 Å². The predicted molar refractivity (Wildman–Crippen MR) is 85.0 cm³/mol. The number of hydrazine groups is 1. The zero-order chi connectivity index (χ0) is 16.7. The molecule has 0 saturated heterocycles. The molecule has 122 valence electrons. The summed E-state index contributed by atoms with van der Waals surface area (Å²) in [6.07, 6.45) is 2.23. The van der Waals surface area contributed by atoms with Gasteiger partial charge in [0, 0.05) is 17.9 Å². The molecule has 2 N–H and O–H groups in total. The Labute approximate surface area is 138 Å². The summed E-state index contributed by atoms with van der Waals surface area (Å²) in [7, 11) is 0. The Morgan fingerprint density at radius 3 is 2.70 bits per heavy atom. The van der Waals surface area contributed by atoms with Crippen molar-refractivity contribution in [2.24, 2.45) is 0 Å². The molecule has 6 nitrogen and oxygen atoms in total. The number of hydrogen-bond donors (Lipinski definition) is 2. The molecule has 0 unspecified atom stereocenters. The number of carbonyl (C=O) groups excluding carboxylic acids is 2. The van der Waals surface area contributed by atoms with Gasteiger partial charge in [0.1, 0.15) is 11.5 Å². The van der Waals surface area contributed by atoms with Gasteiger partial charge >= 0.3 is 0 Å². The Bertz CT molecular complexity index is 671. The predicted octanol–water partition coefficient (Wildman–Crippen LogP) is 2.40. The third-order valence-corrected chi connectivity index (χ3v) is 3.44. The fourth-order valence-electron chi connectivity index (χ4n) is 1.79. The lowest BCUT2D eigenvalue weighted by Crippen LogP contribution is -2.43. The van der Waals surface area contributed by atoms with Gasteiger partial charge in [0.25, 0.3) is 5.91 Å². The molecule has 0 aliphatic carbocycles. The number of hydrogen-bond acceptors (Lipinski definition) is 4. The molecule has 0 spiro atoms. The molecule has 1 aromatic carbocycles. The van der Waals surface area contributed by atoms with Crippen molar-refractivity contribution in [1.29, 1.82) is 0 Å². The summed E-state index contributed by atoms with van der Waals surface area (Å²) in [4.78, 5) is 23.2. The maximum Gasteiger partial charge on any atom is 0.276 e. The summed E-state index contributed by atoms with van der Waals surface area (Å²) in [6, 6.07) is 8.64. The second kappa shape index (κ2) is 8.24. The van der Waals surface area contributed by atoms with Gasteiger partial charge < -0.3 is 9.15 Å². The van der Waals surface area contributed by atoms with E-state index in [4.69, 9.17) is 20.8 Å². The van der Waals surface area contributed by atoms with Gasteiger partial charge in [0.15, 0.2) is 6.61 Å². The minimum atomic E-state index is -0.455. The first-order valence-electron chi connectivity index (χ1n) is 7.03. The molecule has 0 radical (unpaired) electrons. The Kier molecular flexibility index (Phi) is 6.05. The van der Waals surface area contributed by atoms with Crippen LogP contribution < -0.4 is 15.6 Å². The van der Waals surface area contributed by atoms with E-state index >= 15 is 0 Å². The molecule has 0 saturated carbocycles. The van der Waals surface area contributed by atoms with Crippen LogP contribution in [0.15, 0.2) is 41.0 Å². The van der Waals surface area contributed by atoms with Crippen LogP contribution >= 0.6 is 11.6 Å². The van der Waals surface area contributed by atoms with Crippen molar-refractivity contribution in [3.63, 3.8) is 0 Å². The van der Waals surface area contributed by atoms with Gasteiger partial charge in [-0.25, -0.2) is 0 Å². The minimum absolute atomic E-state index is 0.209. The van der Waals surface area contributed by atoms with Gasteiger partial charge in [-0.2, -0.15) is 0 Å². The summed E-state index contributed by atoms with van der Waals surface area (Å²) in [5.41, 5.74) is 5.47. The molecule has 1 heterocycles. The Morgan fingerprint density at radius 1 is 1.22 bits per heavy atom. The van der Waals surface area contributed by atoms with Gasteiger partial charge in [-0.3, -0.25) is 20.4 Å². The zero-order valence-electron chi connectivity index (χ0n) is 12.6. The second-order valence-electron chi connectivity index (χ2n) is 4.88. The van der Waals surface area contributed by atoms with Crippen molar-refractivity contribution in [3.05, 3.63) is 52.9 Å². The minimum Gasteiger partial charge on any atom is -0.484 e. The van der Waals surface area contributed by atoms with Crippen LogP contribution in [0.4, 0.5) is 0 Å². The first kappa shape index (κ1) is 16.9. The highest BCUT2D eigenvalue weighted by Gasteiger charge is 2.07. The zero-order valence-corrected chi connectivity index (χ0v) is 13.4. The van der Waals surface area contributed by atoms with Crippen LogP contribution in [-0.4, -0.2) is 18.4 Å². The molecule has 23 heavy (non-hydrogen) atoms. The lowest BCUT2D eigenvalue weighted by atomic mass is 10.2. The van der Waals surface area contributed by atoms with E-state index in [0.717, 1.165) is 5.56 Å². The van der Waals surface area contributed by atoms with Gasteiger partial charge in [-0.05, 0) is 42.8 Å². The standard InChI is InChI=1S/C16H17ClN2O4/c1-11-9-13(4-6-14(11)17)23-10-16(21)19-18-15(20)7-5-12-3-2-8-22-12/h2-4,6,8-9H,5,7,10H2,1H3,(H,18,20)(H,19,21). The highest BCUT2D eigenvalue weighted by atomic mass is 35.5. The first-order chi connectivity index (χ1) is 11.0. The van der Waals surface area contributed by atoms with E-state index in [9.17, 15) is 9.59 Å². The molecular weight excluding hydrogens is 320 g/mol. The van der Waals surface area contributed by atoms with Crippen LogP contribution in [0.1, 0.15) is 17.7 Å². The van der Waals surface area contributed by atoms with E-state index in [-0.39, 0.29) is 18.9 Å². The fraction of sp³-hybridized carbons (Fsp3) is 0.250. The molecule has 2 aromatic rings. The SMILES string of the molecule is Cc1cc(OCC(=O)NNC(=O)CCc2ccco2)ccc1Cl. The van der Waals surface area contributed by atoms with Crippen LogP contribution in [-0.2, 0) is 16.0 Å². The van der Waals surface area contributed by atoms with Crippen LogP contribution in [0.2, 0.25) is 5.02 Å². The Balaban J connectivity index is 1.66. The van der Waals surface area contributed by atoms with Crippen molar-refractivity contribution < 1.29 is 18.7 Å². The van der Waals surface area contributed by atoms with Crippen molar-refractivity contribution in [3.8, 4) is 5.75 Å². The number of nitrogens with one attached hydrogen (secondary N) is 2. The maximum absolute atomic E-state index is 11.6.